The molecule has 8 heteroatoms. The van der Waals surface area contributed by atoms with E-state index in [2.05, 4.69) is 20.5 Å². The highest BCUT2D eigenvalue weighted by atomic mass is 16.5. The summed E-state index contributed by atoms with van der Waals surface area (Å²) in [5.74, 6) is 0.635. The van der Waals surface area contributed by atoms with Crippen molar-refractivity contribution in [2.45, 2.75) is 0 Å². The molecule has 1 aromatic heterocycles. The van der Waals surface area contributed by atoms with Gasteiger partial charge in [-0.25, -0.2) is 0 Å². The van der Waals surface area contributed by atoms with Gasteiger partial charge in [0, 0.05) is 6.07 Å². The van der Waals surface area contributed by atoms with Gasteiger partial charge in [-0.3, -0.25) is 9.89 Å². The summed E-state index contributed by atoms with van der Waals surface area (Å²) in [4.78, 5) is 15.6. The van der Waals surface area contributed by atoms with Crippen LogP contribution >= 0.6 is 0 Å². The van der Waals surface area contributed by atoms with Crippen molar-refractivity contribution in [3.63, 3.8) is 0 Å². The number of hydrogen-bond donors (Lipinski definition) is 3. The van der Waals surface area contributed by atoms with Crippen LogP contribution in [0.4, 0.5) is 11.6 Å². The lowest BCUT2D eigenvalue weighted by Crippen LogP contribution is -2.14. The monoisotopic (exact) mass is 263 g/mol. The molecular formula is C11H13N5O3. The first-order valence-electron chi connectivity index (χ1n) is 5.35. The molecule has 0 spiro atoms. The maximum absolute atomic E-state index is 11.9. The van der Waals surface area contributed by atoms with Gasteiger partial charge in [-0.05, 0) is 12.1 Å². The number of hydrogen-bond acceptors (Lipinski definition) is 6. The van der Waals surface area contributed by atoms with Crippen LogP contribution in [-0.4, -0.2) is 35.3 Å². The van der Waals surface area contributed by atoms with Crippen molar-refractivity contribution in [3.05, 3.63) is 24.0 Å². The number of methoxy groups -OCH3 is 2. The molecule has 0 aliphatic heterocycles. The van der Waals surface area contributed by atoms with Crippen LogP contribution in [0.3, 0.4) is 0 Å². The molecule has 0 aliphatic carbocycles. The van der Waals surface area contributed by atoms with Gasteiger partial charge in [0.1, 0.15) is 11.5 Å². The van der Waals surface area contributed by atoms with Gasteiger partial charge in [-0.15, -0.1) is 5.10 Å². The van der Waals surface area contributed by atoms with Gasteiger partial charge < -0.3 is 20.5 Å². The summed E-state index contributed by atoms with van der Waals surface area (Å²) in [6.45, 7) is 0. The van der Waals surface area contributed by atoms with E-state index in [-0.39, 0.29) is 11.8 Å². The highest BCUT2D eigenvalue weighted by Crippen LogP contribution is 2.29. The van der Waals surface area contributed by atoms with Gasteiger partial charge in [0.2, 0.25) is 11.8 Å². The summed E-state index contributed by atoms with van der Waals surface area (Å²) in [7, 11) is 3.04. The van der Waals surface area contributed by atoms with E-state index in [1.165, 1.54) is 14.2 Å². The van der Waals surface area contributed by atoms with E-state index in [0.29, 0.717) is 17.2 Å². The summed E-state index contributed by atoms with van der Waals surface area (Å²) in [5, 5.41) is 8.63. The Labute approximate surface area is 108 Å². The molecular weight excluding hydrogens is 250 g/mol. The molecule has 0 aliphatic rings. The van der Waals surface area contributed by atoms with E-state index in [0.717, 1.165) is 0 Å². The average molecular weight is 263 g/mol. The van der Waals surface area contributed by atoms with Crippen LogP contribution in [0.1, 0.15) is 10.6 Å². The van der Waals surface area contributed by atoms with E-state index >= 15 is 0 Å². The molecule has 8 nitrogen and oxygen atoms in total. The molecule has 0 radical (unpaired) electrons. The molecule has 19 heavy (non-hydrogen) atoms. The number of aromatic nitrogens is 3. The number of nitrogens with zero attached hydrogens (tertiary/aromatic N) is 2. The Morgan fingerprint density at radius 3 is 2.74 bits per heavy atom. The lowest BCUT2D eigenvalue weighted by Gasteiger charge is -2.10. The van der Waals surface area contributed by atoms with Crippen LogP contribution in [0.15, 0.2) is 18.2 Å². The summed E-state index contributed by atoms with van der Waals surface area (Å²) < 4.78 is 10.2. The average Bonchev–Trinajstić information content (AvgIpc) is 2.85. The fourth-order valence-corrected chi connectivity index (χ4v) is 1.47. The number of H-pyrrole nitrogens is 1. The first kappa shape index (κ1) is 12.7. The van der Waals surface area contributed by atoms with Crippen LogP contribution in [0, 0.1) is 0 Å². The number of ether oxygens (including phenoxy) is 2. The van der Waals surface area contributed by atoms with Crippen molar-refractivity contribution < 1.29 is 14.3 Å². The normalized spacial score (nSPS) is 10.0. The number of amides is 1. The molecule has 0 atom stereocenters. The quantitative estimate of drug-likeness (QED) is 0.746. The van der Waals surface area contributed by atoms with Crippen LogP contribution in [0.5, 0.6) is 11.5 Å². The zero-order chi connectivity index (χ0) is 13.8. The second kappa shape index (κ2) is 5.25. The molecule has 0 saturated heterocycles. The second-order valence-electron chi connectivity index (χ2n) is 3.56. The lowest BCUT2D eigenvalue weighted by atomic mass is 10.2. The first-order chi connectivity index (χ1) is 9.13. The summed E-state index contributed by atoms with van der Waals surface area (Å²) in [6, 6.07) is 5.04. The highest BCUT2D eigenvalue weighted by molar-refractivity contribution is 6.02. The van der Waals surface area contributed by atoms with Gasteiger partial charge in [-0.2, -0.15) is 4.98 Å². The molecule has 2 aromatic rings. The second-order valence-corrected chi connectivity index (χ2v) is 3.56. The van der Waals surface area contributed by atoms with E-state index < -0.39 is 5.91 Å². The van der Waals surface area contributed by atoms with E-state index in [9.17, 15) is 4.79 Å². The molecule has 0 saturated carbocycles. The highest BCUT2D eigenvalue weighted by Gasteiger charge is 2.14. The Hall–Kier alpha value is -2.77. The molecule has 0 bridgehead atoms. The summed E-state index contributed by atoms with van der Waals surface area (Å²) in [6.07, 6.45) is 0. The van der Waals surface area contributed by atoms with E-state index in [4.69, 9.17) is 15.2 Å². The molecule has 0 fully saturated rings. The zero-order valence-corrected chi connectivity index (χ0v) is 10.4. The first-order valence-corrected chi connectivity index (χ1v) is 5.35. The maximum atomic E-state index is 11.9. The number of carbonyl (C=O) groups is 1. The van der Waals surface area contributed by atoms with Crippen LogP contribution in [0.25, 0.3) is 0 Å². The molecule has 1 heterocycles. The Kier molecular flexibility index (Phi) is 3.51. The Morgan fingerprint density at radius 2 is 2.16 bits per heavy atom. The number of carbonyl (C=O) groups excluding carboxylic acids is 1. The standard InChI is InChI=1S/C11H13N5O3/c1-18-6-3-4-8(19-2)7(5-6)13-10(17)9-14-11(12)16-15-9/h3-5H,1-2H3,(H,13,17)(H3,12,14,15,16). The minimum absolute atomic E-state index is 0.00255. The van der Waals surface area contributed by atoms with Crippen LogP contribution in [0.2, 0.25) is 0 Å². The summed E-state index contributed by atoms with van der Waals surface area (Å²) >= 11 is 0. The Morgan fingerprint density at radius 1 is 1.37 bits per heavy atom. The topological polar surface area (TPSA) is 115 Å². The predicted octanol–water partition coefficient (Wildman–Crippen LogP) is 0.656. The van der Waals surface area contributed by atoms with E-state index in [1.807, 2.05) is 0 Å². The van der Waals surface area contributed by atoms with Gasteiger partial charge in [0.05, 0.1) is 19.9 Å². The number of anilines is 2. The molecule has 1 amide bonds. The van der Waals surface area contributed by atoms with Gasteiger partial charge in [0.25, 0.3) is 5.91 Å². The fourth-order valence-electron chi connectivity index (χ4n) is 1.47. The summed E-state index contributed by atoms with van der Waals surface area (Å²) in [5.41, 5.74) is 5.79. The minimum Gasteiger partial charge on any atom is -0.497 e. The number of benzene rings is 1. The minimum atomic E-state index is -0.476. The maximum Gasteiger partial charge on any atom is 0.293 e. The zero-order valence-electron chi connectivity index (χ0n) is 10.4. The van der Waals surface area contributed by atoms with Crippen LogP contribution in [-0.2, 0) is 0 Å². The largest absolute Gasteiger partial charge is 0.497 e. The Bertz CT molecular complexity index is 596. The van der Waals surface area contributed by atoms with Crippen molar-refractivity contribution in [2.24, 2.45) is 0 Å². The molecule has 0 unspecified atom stereocenters. The number of nitrogen functional groups attached to an aromatic ring is 1. The van der Waals surface area contributed by atoms with Gasteiger partial charge >= 0.3 is 0 Å². The number of nitrogens with two attached hydrogens (primary N) is 1. The number of rotatable bonds is 4. The van der Waals surface area contributed by atoms with Crippen molar-refractivity contribution in [2.75, 3.05) is 25.3 Å². The van der Waals surface area contributed by atoms with Gasteiger partial charge in [-0.1, -0.05) is 0 Å². The number of aromatic amines is 1. The molecule has 2 rings (SSSR count). The van der Waals surface area contributed by atoms with Crippen molar-refractivity contribution in [3.8, 4) is 11.5 Å². The third-order valence-corrected chi connectivity index (χ3v) is 2.37. The number of nitrogens with one attached hydrogen (secondary N) is 2. The predicted molar refractivity (Wildman–Crippen MR) is 68.3 cm³/mol. The SMILES string of the molecule is COc1ccc(OC)c(NC(=O)c2nc(N)n[nH]2)c1. The third-order valence-electron chi connectivity index (χ3n) is 2.37. The van der Waals surface area contributed by atoms with Gasteiger partial charge in [0.15, 0.2) is 0 Å². The van der Waals surface area contributed by atoms with E-state index in [1.54, 1.807) is 18.2 Å². The lowest BCUT2D eigenvalue weighted by molar-refractivity contribution is 0.101. The fraction of sp³-hybridized carbons (Fsp3) is 0.182. The molecule has 4 N–H and O–H groups in total. The molecule has 1 aromatic carbocycles. The van der Waals surface area contributed by atoms with Crippen molar-refractivity contribution >= 4 is 17.5 Å². The Balaban J connectivity index is 2.24. The smallest absolute Gasteiger partial charge is 0.293 e. The third kappa shape index (κ3) is 2.73. The van der Waals surface area contributed by atoms with Crippen molar-refractivity contribution in [1.29, 1.82) is 0 Å². The molecule has 100 valence electrons. The van der Waals surface area contributed by atoms with Crippen LogP contribution < -0.4 is 20.5 Å². The van der Waals surface area contributed by atoms with Crippen molar-refractivity contribution in [1.82, 2.24) is 15.2 Å².